The van der Waals surface area contributed by atoms with Crippen molar-refractivity contribution in [3.05, 3.63) is 84.3 Å². The topological polar surface area (TPSA) is 309 Å². The molecule has 6 unspecified atom stereocenters. The van der Waals surface area contributed by atoms with Crippen LogP contribution in [0.25, 0.3) is 21.9 Å². The van der Waals surface area contributed by atoms with E-state index in [9.17, 15) is 53.1 Å². The zero-order valence-electron chi connectivity index (χ0n) is 44.5. The number of nitrogens with one attached hydrogen (secondary N) is 4. The number of carbonyl (C=O) groups is 10. The molecule has 0 radical (unpaired) electrons. The van der Waals surface area contributed by atoms with E-state index in [4.69, 9.17) is 9.47 Å². The molecular weight excluding hydrogens is 999 g/mol. The Morgan fingerprint density at radius 3 is 1.53 bits per heavy atom. The summed E-state index contributed by atoms with van der Waals surface area (Å²) in [6.07, 6.45) is 3.74. The van der Waals surface area contributed by atoms with Crippen LogP contribution in [0.2, 0.25) is 0 Å². The lowest BCUT2D eigenvalue weighted by atomic mass is 9.99. The fourth-order valence-corrected chi connectivity index (χ4v) is 9.13. The number of esters is 2. The molecule has 0 saturated heterocycles. The van der Waals surface area contributed by atoms with Gasteiger partial charge in [0.05, 0.1) is 22.7 Å². The Morgan fingerprint density at radius 2 is 1.05 bits per heavy atom. The number of cyclic esters (lactones) is 2. The number of ether oxygens (including phenoxy) is 2. The minimum atomic E-state index is -1.75. The second-order valence-corrected chi connectivity index (χ2v) is 19.7. The first-order valence-corrected chi connectivity index (χ1v) is 25.0. The van der Waals surface area contributed by atoms with Gasteiger partial charge in [-0.15, -0.1) is 0 Å². The van der Waals surface area contributed by atoms with E-state index in [2.05, 4.69) is 36.2 Å². The summed E-state index contributed by atoms with van der Waals surface area (Å²) in [7, 11) is 5.24. The zero-order valence-corrected chi connectivity index (χ0v) is 44.5. The number of likely N-dealkylation sites (N-methyl/N-ethyl adjacent to an activating group) is 4. The first-order chi connectivity index (χ1) is 36.4. The third kappa shape index (κ3) is 13.3. The van der Waals surface area contributed by atoms with Crippen LogP contribution in [-0.2, 0) is 47.8 Å². The summed E-state index contributed by atoms with van der Waals surface area (Å²) in [6, 6.07) is 2.92. The van der Waals surface area contributed by atoms with Crippen molar-refractivity contribution in [3.63, 3.8) is 0 Å². The van der Waals surface area contributed by atoms with Crippen molar-refractivity contribution in [3.8, 4) is 5.75 Å². The van der Waals surface area contributed by atoms with Gasteiger partial charge in [0.25, 0.3) is 11.8 Å². The van der Waals surface area contributed by atoms with Gasteiger partial charge in [0.2, 0.25) is 35.4 Å². The van der Waals surface area contributed by atoms with Crippen LogP contribution in [0.15, 0.2) is 72.9 Å². The van der Waals surface area contributed by atoms with E-state index in [1.165, 1.54) is 66.5 Å². The maximum absolute atomic E-state index is 14.8. The van der Waals surface area contributed by atoms with Crippen LogP contribution < -0.4 is 21.3 Å². The van der Waals surface area contributed by atoms with E-state index in [0.717, 1.165) is 19.6 Å². The number of pyridine rings is 1. The molecule has 0 fully saturated rings. The molecule has 4 heterocycles. The first kappa shape index (κ1) is 57.7. The number of hydrogen-bond acceptors (Lipinski definition) is 16. The van der Waals surface area contributed by atoms with Gasteiger partial charge in [0, 0.05) is 33.6 Å². The lowest BCUT2D eigenvalue weighted by Gasteiger charge is -2.37. The molecule has 2 aliphatic heterocycles. The Morgan fingerprint density at radius 1 is 0.610 bits per heavy atom. The number of fused-ring (bicyclic) bond motifs is 6. The van der Waals surface area contributed by atoms with Crippen molar-refractivity contribution < 1.29 is 62.5 Å². The van der Waals surface area contributed by atoms with Crippen molar-refractivity contribution >= 4 is 81.1 Å². The highest BCUT2D eigenvalue weighted by atomic mass is 16.5. The number of para-hydroxylation sites is 3. The molecule has 0 spiro atoms. The molecule has 6 rings (SSSR count). The van der Waals surface area contributed by atoms with Crippen molar-refractivity contribution in [2.45, 2.75) is 103 Å². The van der Waals surface area contributed by atoms with Crippen LogP contribution in [-0.4, -0.2) is 189 Å². The number of carbonyl (C=O) groups excluding carboxylic acids is 10. The second kappa shape index (κ2) is 24.8. The number of aromatic nitrogens is 3. The number of amides is 8. The molecule has 2 aromatic carbocycles. The van der Waals surface area contributed by atoms with Crippen LogP contribution in [0, 0.1) is 11.8 Å². The highest BCUT2D eigenvalue weighted by Gasteiger charge is 2.42. The predicted octanol–water partition coefficient (Wildman–Crippen LogP) is 0.860. The smallest absolute Gasteiger partial charge is 0.329 e. The quantitative estimate of drug-likeness (QED) is 0.132. The van der Waals surface area contributed by atoms with Gasteiger partial charge in [-0.25, -0.2) is 19.6 Å². The molecule has 2 aliphatic rings. The average Bonchev–Trinajstić information content (AvgIpc) is 3.39. The molecule has 2 bridgehead atoms. The lowest BCUT2D eigenvalue weighted by Crippen LogP contribution is -2.60. The molecule has 8 atom stereocenters. The van der Waals surface area contributed by atoms with Crippen LogP contribution in [0.3, 0.4) is 0 Å². The highest BCUT2D eigenvalue weighted by Crippen LogP contribution is 2.24. The van der Waals surface area contributed by atoms with Gasteiger partial charge >= 0.3 is 11.9 Å². The molecule has 24 heteroatoms. The van der Waals surface area contributed by atoms with Gasteiger partial charge < -0.3 is 55.4 Å². The Kier molecular flexibility index (Phi) is 18.6. The second-order valence-electron chi connectivity index (χ2n) is 19.7. The fourth-order valence-electron chi connectivity index (χ4n) is 9.13. The Balaban J connectivity index is 1.41. The van der Waals surface area contributed by atoms with E-state index in [0.29, 0.717) is 21.9 Å². The van der Waals surface area contributed by atoms with Crippen LogP contribution >= 0.6 is 0 Å². The van der Waals surface area contributed by atoms with E-state index in [1.807, 2.05) is 0 Å². The fraction of sp³-hybridized carbons (Fsp3) is 0.453. The predicted molar refractivity (Wildman–Crippen MR) is 277 cm³/mol. The molecule has 0 aliphatic carbocycles. The third-order valence-electron chi connectivity index (χ3n) is 13.4. The van der Waals surface area contributed by atoms with E-state index in [-0.39, 0.29) is 18.5 Å². The molecule has 8 amide bonds. The summed E-state index contributed by atoms with van der Waals surface area (Å²) in [6.45, 7) is 7.51. The van der Waals surface area contributed by atoms with Gasteiger partial charge in [0.15, 0.2) is 5.69 Å². The third-order valence-corrected chi connectivity index (χ3v) is 13.4. The van der Waals surface area contributed by atoms with E-state index >= 15 is 0 Å². The largest absolute Gasteiger partial charge is 0.505 e. The SMILES string of the molecule is CC1NC(=O)C(NC(=O)c2cnc3ccccc3n2)COC(=O)C(C(C)C)N(C)C(=O)[C@@H]2C/C=C\C[C@@H](C(=O)N(C)C(C(C)C)C(=O)OCC(NC(=O)c3nc4ccccc4cc3O)C(=O)NC(C)C(=O)N2C)N(C)C1=O. The Labute approximate surface area is 444 Å². The molecule has 0 saturated carbocycles. The van der Waals surface area contributed by atoms with Crippen molar-refractivity contribution in [1.29, 1.82) is 0 Å². The van der Waals surface area contributed by atoms with Gasteiger partial charge in [-0.05, 0) is 62.8 Å². The number of nitrogens with zero attached hydrogens (tertiary/aromatic N) is 7. The van der Waals surface area contributed by atoms with Crippen molar-refractivity contribution in [2.24, 2.45) is 11.8 Å². The minimum absolute atomic E-state index is 0.189. The summed E-state index contributed by atoms with van der Waals surface area (Å²) < 4.78 is 11.4. The molecule has 77 heavy (non-hydrogen) atoms. The van der Waals surface area contributed by atoms with Crippen LogP contribution in [0.1, 0.15) is 75.4 Å². The lowest BCUT2D eigenvalue weighted by molar-refractivity contribution is -0.160. The van der Waals surface area contributed by atoms with Crippen molar-refractivity contribution in [2.75, 3.05) is 41.4 Å². The van der Waals surface area contributed by atoms with Crippen LogP contribution in [0.4, 0.5) is 0 Å². The van der Waals surface area contributed by atoms with Crippen LogP contribution in [0.5, 0.6) is 5.75 Å². The molecule has 2 aromatic heterocycles. The highest BCUT2D eigenvalue weighted by molar-refractivity contribution is 6.02. The average molecular weight is 1060 g/mol. The van der Waals surface area contributed by atoms with E-state index in [1.54, 1.807) is 76.2 Å². The number of rotatable bonds is 6. The number of benzene rings is 2. The number of aromatic hydroxyl groups is 1. The maximum atomic E-state index is 14.8. The van der Waals surface area contributed by atoms with E-state index < -0.39 is 144 Å². The summed E-state index contributed by atoms with van der Waals surface area (Å²) in [5, 5.41) is 21.4. The summed E-state index contributed by atoms with van der Waals surface area (Å²) in [5.74, 6) is -11.0. The first-order valence-electron chi connectivity index (χ1n) is 25.0. The monoisotopic (exact) mass is 1060 g/mol. The molecule has 24 nitrogen and oxygen atoms in total. The summed E-state index contributed by atoms with van der Waals surface area (Å²) in [5.41, 5.74) is 0.538. The Bertz CT molecular complexity index is 2990. The van der Waals surface area contributed by atoms with Gasteiger partial charge in [-0.2, -0.15) is 0 Å². The molecule has 410 valence electrons. The minimum Gasteiger partial charge on any atom is -0.505 e. The standard InChI is InChI=1S/C53H65N11O13/c1-27(2)42-52(74)76-25-36(59-44(66)35-24-54-33-19-13-14-20-34(33)57-35)45(67)55-29(5)48(70)61(7)38-21-15-16-22-39(50(72)63(42)9)62(8)49(71)30(6)56-46(68)37(26-77-53(75)43(28(3)4)64(10)51(38)73)60-47(69)41-40(65)23-31-17-11-12-18-32(31)58-41/h11-20,23-24,27-30,36-39,42-43,65H,21-22,25-26H2,1-10H3,(H,55,67)(H,56,68)(H,59,66)(H,60,69)/b16-15-/t29?,30?,36?,37?,38-,39-,42?,43?/m0/s1. The Hall–Kier alpha value is -8.57. The molecule has 5 N–H and O–H groups in total. The molecular formula is C53H65N11O13. The van der Waals surface area contributed by atoms with Gasteiger partial charge in [-0.1, -0.05) is 70.2 Å². The molecule has 4 aromatic rings. The summed E-state index contributed by atoms with van der Waals surface area (Å²) in [4.78, 5) is 160. The summed E-state index contributed by atoms with van der Waals surface area (Å²) >= 11 is 0. The van der Waals surface area contributed by atoms with Gasteiger partial charge in [0.1, 0.15) is 73.0 Å². The normalized spacial score (nSPS) is 24.8. The zero-order chi connectivity index (χ0) is 56.6. The van der Waals surface area contributed by atoms with Crippen molar-refractivity contribution in [1.82, 2.24) is 55.8 Å². The van der Waals surface area contributed by atoms with Gasteiger partial charge in [-0.3, -0.25) is 43.3 Å². The number of hydrogen-bond donors (Lipinski definition) is 5. The maximum Gasteiger partial charge on any atom is 0.329 e.